The third-order valence-electron chi connectivity index (χ3n) is 5.46. The van der Waals surface area contributed by atoms with Crippen LogP contribution in [0.1, 0.15) is 39.2 Å². The van der Waals surface area contributed by atoms with Gasteiger partial charge < -0.3 is 19.3 Å². The number of hydrogen-bond donors (Lipinski definition) is 0. The molecule has 0 saturated carbocycles. The third-order valence-corrected chi connectivity index (χ3v) is 5.46. The van der Waals surface area contributed by atoms with Gasteiger partial charge in [-0.3, -0.25) is 4.57 Å². The van der Waals surface area contributed by atoms with E-state index in [0.29, 0.717) is 25.9 Å². The molecular weight excluding hydrogens is 396 g/mol. The maximum atomic E-state index is 13.0. The number of hydrogen-bond acceptors (Lipinski definition) is 5. The molecule has 0 atom stereocenters. The largest absolute Gasteiger partial charge is 0.496 e. The molecule has 0 unspecified atom stereocenters. The van der Waals surface area contributed by atoms with Crippen LogP contribution in [0.3, 0.4) is 0 Å². The van der Waals surface area contributed by atoms with E-state index in [1.165, 1.54) is 4.57 Å². The van der Waals surface area contributed by atoms with Gasteiger partial charge in [-0.25, -0.2) is 14.6 Å². The highest BCUT2D eigenvalue weighted by Crippen LogP contribution is 2.25. The van der Waals surface area contributed by atoms with Crippen molar-refractivity contribution in [2.45, 2.75) is 52.2 Å². The van der Waals surface area contributed by atoms with Crippen molar-refractivity contribution < 1.29 is 19.1 Å². The molecule has 2 heterocycles. The summed E-state index contributed by atoms with van der Waals surface area (Å²) in [6, 6.07) is 5.74. The van der Waals surface area contributed by atoms with Crippen LogP contribution in [0.2, 0.25) is 0 Å². The number of carbonyl (C=O) groups excluding carboxylic acids is 2. The van der Waals surface area contributed by atoms with Crippen molar-refractivity contribution in [2.75, 3.05) is 27.2 Å². The Kier molecular flexibility index (Phi) is 6.57. The van der Waals surface area contributed by atoms with E-state index in [1.54, 1.807) is 36.5 Å². The molecule has 0 N–H and O–H groups in total. The van der Waals surface area contributed by atoms with E-state index in [4.69, 9.17) is 9.47 Å². The van der Waals surface area contributed by atoms with Gasteiger partial charge in [-0.15, -0.1) is 0 Å². The predicted molar refractivity (Wildman–Crippen MR) is 118 cm³/mol. The number of benzene rings is 1. The molecule has 1 saturated heterocycles. The zero-order valence-corrected chi connectivity index (χ0v) is 19.2. The van der Waals surface area contributed by atoms with Crippen molar-refractivity contribution in [1.29, 1.82) is 0 Å². The smallest absolute Gasteiger partial charge is 0.410 e. The zero-order valence-electron chi connectivity index (χ0n) is 19.2. The molecule has 2 amide bonds. The number of aromatic nitrogens is 2. The van der Waals surface area contributed by atoms with E-state index >= 15 is 0 Å². The van der Waals surface area contributed by atoms with Gasteiger partial charge in [0, 0.05) is 37.9 Å². The van der Waals surface area contributed by atoms with Crippen molar-refractivity contribution in [1.82, 2.24) is 19.4 Å². The summed E-state index contributed by atoms with van der Waals surface area (Å²) in [4.78, 5) is 33.1. The number of carbonyl (C=O) groups is 2. The van der Waals surface area contributed by atoms with Crippen molar-refractivity contribution in [2.24, 2.45) is 0 Å². The van der Waals surface area contributed by atoms with E-state index in [0.717, 1.165) is 22.6 Å². The van der Waals surface area contributed by atoms with Crippen molar-refractivity contribution in [3.63, 3.8) is 0 Å². The Labute approximate surface area is 183 Å². The molecule has 2 aromatic rings. The van der Waals surface area contributed by atoms with Gasteiger partial charge in [0.05, 0.1) is 12.8 Å². The SMILES string of the molecule is COc1ccc(-c2cn(C(=O)N(C)C3CCN(C(=O)OC(C)(C)C)CC3)cn2)cc1C. The fourth-order valence-electron chi connectivity index (χ4n) is 3.71. The highest BCUT2D eigenvalue weighted by atomic mass is 16.6. The molecule has 31 heavy (non-hydrogen) atoms. The number of rotatable bonds is 3. The summed E-state index contributed by atoms with van der Waals surface area (Å²) in [6.45, 7) is 8.68. The number of imidazole rings is 1. The van der Waals surface area contributed by atoms with Crippen LogP contribution < -0.4 is 4.74 Å². The van der Waals surface area contributed by atoms with E-state index in [-0.39, 0.29) is 18.2 Å². The molecule has 1 aromatic heterocycles. The average Bonchev–Trinajstić information content (AvgIpc) is 3.21. The molecule has 1 fully saturated rings. The predicted octanol–water partition coefficient (Wildman–Crippen LogP) is 4.17. The molecule has 0 spiro atoms. The standard InChI is InChI=1S/C23H32N4O4/c1-16-13-17(7-8-20(16)30-6)19-14-27(15-24-19)21(28)25(5)18-9-11-26(12-10-18)22(29)31-23(2,3)4/h7-8,13-15,18H,9-12H2,1-6H3. The lowest BCUT2D eigenvalue weighted by atomic mass is 10.0. The fourth-order valence-corrected chi connectivity index (χ4v) is 3.71. The zero-order chi connectivity index (χ0) is 22.8. The molecule has 8 nitrogen and oxygen atoms in total. The molecule has 1 aliphatic heterocycles. The second-order valence-electron chi connectivity index (χ2n) is 8.94. The minimum atomic E-state index is -0.512. The molecule has 0 radical (unpaired) electrons. The molecule has 168 valence electrons. The number of amides is 2. The van der Waals surface area contributed by atoms with Crippen LogP contribution in [0.5, 0.6) is 5.75 Å². The van der Waals surface area contributed by atoms with Gasteiger partial charge in [0.15, 0.2) is 0 Å². The first kappa shape index (κ1) is 22.7. The van der Waals surface area contributed by atoms with Crippen molar-refractivity contribution in [3.05, 3.63) is 36.3 Å². The maximum absolute atomic E-state index is 13.0. The van der Waals surface area contributed by atoms with Gasteiger partial charge in [-0.2, -0.15) is 0 Å². The van der Waals surface area contributed by atoms with Gasteiger partial charge in [-0.05, 0) is 64.3 Å². The quantitative estimate of drug-likeness (QED) is 0.733. The Balaban J connectivity index is 1.61. The summed E-state index contributed by atoms with van der Waals surface area (Å²) in [6.07, 6.45) is 4.41. The van der Waals surface area contributed by atoms with E-state index in [9.17, 15) is 9.59 Å². The summed E-state index contributed by atoms with van der Waals surface area (Å²) in [7, 11) is 3.44. The topological polar surface area (TPSA) is 76.9 Å². The van der Waals surface area contributed by atoms with E-state index in [2.05, 4.69) is 4.98 Å². The first-order chi connectivity index (χ1) is 14.6. The van der Waals surface area contributed by atoms with Crippen molar-refractivity contribution >= 4 is 12.1 Å². The second kappa shape index (κ2) is 8.99. The molecule has 0 aliphatic carbocycles. The number of likely N-dealkylation sites (tertiary alicyclic amines) is 1. The van der Waals surface area contributed by atoms with E-state index in [1.807, 2.05) is 45.9 Å². The van der Waals surface area contributed by atoms with Gasteiger partial charge in [0.25, 0.3) is 0 Å². The van der Waals surface area contributed by atoms with Crippen LogP contribution in [0.25, 0.3) is 11.3 Å². The summed E-state index contributed by atoms with van der Waals surface area (Å²) < 4.78 is 12.3. The number of methoxy groups -OCH3 is 1. The first-order valence-corrected chi connectivity index (χ1v) is 10.5. The monoisotopic (exact) mass is 428 g/mol. The molecule has 3 rings (SSSR count). The Morgan fingerprint density at radius 1 is 1.19 bits per heavy atom. The molecular formula is C23H32N4O4. The van der Waals surface area contributed by atoms with Crippen LogP contribution >= 0.6 is 0 Å². The summed E-state index contributed by atoms with van der Waals surface area (Å²) in [5, 5.41) is 0. The lowest BCUT2D eigenvalue weighted by molar-refractivity contribution is 0.0172. The van der Waals surface area contributed by atoms with E-state index < -0.39 is 5.60 Å². The minimum Gasteiger partial charge on any atom is -0.496 e. The summed E-state index contributed by atoms with van der Waals surface area (Å²) in [5.74, 6) is 0.816. The number of ether oxygens (including phenoxy) is 2. The van der Waals surface area contributed by atoms with Crippen LogP contribution in [-0.2, 0) is 4.74 Å². The second-order valence-corrected chi connectivity index (χ2v) is 8.94. The van der Waals surface area contributed by atoms with Gasteiger partial charge in [-0.1, -0.05) is 0 Å². The van der Waals surface area contributed by atoms with Crippen LogP contribution in [0, 0.1) is 6.92 Å². The highest BCUT2D eigenvalue weighted by Gasteiger charge is 2.30. The number of aryl methyl sites for hydroxylation is 1. The summed E-state index contributed by atoms with van der Waals surface area (Å²) in [5.41, 5.74) is 2.16. The normalized spacial score (nSPS) is 15.0. The van der Waals surface area contributed by atoms with Gasteiger partial charge >= 0.3 is 12.1 Å². The third kappa shape index (κ3) is 5.37. The van der Waals surface area contributed by atoms with Crippen LogP contribution in [0.15, 0.2) is 30.7 Å². The number of piperidine rings is 1. The molecule has 1 aliphatic rings. The number of nitrogens with zero attached hydrogens (tertiary/aromatic N) is 4. The Morgan fingerprint density at radius 3 is 2.45 bits per heavy atom. The fraction of sp³-hybridized carbons (Fsp3) is 0.522. The van der Waals surface area contributed by atoms with Crippen LogP contribution in [-0.4, -0.2) is 70.4 Å². The average molecular weight is 429 g/mol. The Bertz CT molecular complexity index is 939. The first-order valence-electron chi connectivity index (χ1n) is 10.5. The maximum Gasteiger partial charge on any atom is 0.410 e. The molecule has 0 bridgehead atoms. The van der Waals surface area contributed by atoms with Gasteiger partial charge in [0.2, 0.25) is 0 Å². The Morgan fingerprint density at radius 2 is 1.87 bits per heavy atom. The van der Waals surface area contributed by atoms with Crippen molar-refractivity contribution in [3.8, 4) is 17.0 Å². The van der Waals surface area contributed by atoms with Gasteiger partial charge in [0.1, 0.15) is 17.7 Å². The van der Waals surface area contributed by atoms with Crippen LogP contribution in [0.4, 0.5) is 9.59 Å². The molecule has 1 aromatic carbocycles. The Hall–Kier alpha value is -3.03. The minimum absolute atomic E-state index is 0.0558. The lowest BCUT2D eigenvalue weighted by Gasteiger charge is -2.37. The lowest BCUT2D eigenvalue weighted by Crippen LogP contribution is -2.49. The molecule has 8 heteroatoms. The highest BCUT2D eigenvalue weighted by molar-refractivity contribution is 5.78. The summed E-state index contributed by atoms with van der Waals surface area (Å²) >= 11 is 0.